The molecule has 4 heteroatoms. The Kier molecular flexibility index (Phi) is 15.3. The van der Waals surface area contributed by atoms with Gasteiger partial charge in [0.1, 0.15) is 0 Å². The molecule has 1 aliphatic heterocycles. The van der Waals surface area contributed by atoms with Crippen molar-refractivity contribution < 1.29 is 0 Å². The van der Waals surface area contributed by atoms with Gasteiger partial charge in [-0.15, -0.1) is 0 Å². The maximum Gasteiger partial charge on any atom is 0.0856 e. The Morgan fingerprint density at radius 2 is 1.54 bits per heavy atom. The number of rotatable bonds is 18. The second-order valence-electron chi connectivity index (χ2n) is 8.60. The summed E-state index contributed by atoms with van der Waals surface area (Å²) in [5.41, 5.74) is 5.92. The van der Waals surface area contributed by atoms with Gasteiger partial charge in [-0.25, -0.2) is 0 Å². The number of unbranched alkanes of at least 4 members (excludes halogenated alkanes) is 12. The molecule has 0 aromatic carbocycles. The minimum absolute atomic E-state index is 0.0155. The van der Waals surface area contributed by atoms with Crippen LogP contribution in [0.5, 0.6) is 0 Å². The van der Waals surface area contributed by atoms with Gasteiger partial charge in [0.25, 0.3) is 0 Å². The molecule has 4 nitrogen and oxygen atoms in total. The fourth-order valence-corrected chi connectivity index (χ4v) is 4.04. The van der Waals surface area contributed by atoms with Crippen molar-refractivity contribution in [1.29, 1.82) is 0 Å². The molecule has 1 aliphatic rings. The highest BCUT2D eigenvalue weighted by Gasteiger charge is 2.22. The lowest BCUT2D eigenvalue weighted by Gasteiger charge is -2.31. The molecule has 0 spiro atoms. The van der Waals surface area contributed by atoms with E-state index in [9.17, 15) is 0 Å². The Morgan fingerprint density at radius 1 is 0.964 bits per heavy atom. The van der Waals surface area contributed by atoms with E-state index in [-0.39, 0.29) is 6.17 Å². The third-order valence-electron chi connectivity index (χ3n) is 5.70. The number of allylic oxidation sites excluding steroid dienone is 1. The largest absolute Gasteiger partial charge is 0.353 e. The summed E-state index contributed by atoms with van der Waals surface area (Å²) >= 11 is 0. The molecule has 0 saturated heterocycles. The van der Waals surface area contributed by atoms with Crippen molar-refractivity contribution in [3.63, 3.8) is 0 Å². The zero-order valence-corrected chi connectivity index (χ0v) is 19.0. The van der Waals surface area contributed by atoms with Crippen molar-refractivity contribution in [2.75, 3.05) is 13.1 Å². The highest BCUT2D eigenvalue weighted by molar-refractivity contribution is 5.58. The molecular weight excluding hydrogens is 344 g/mol. The second kappa shape index (κ2) is 17.0. The standard InChI is InChI=1S/C24H48N4/c1-4-5-6-7-8-9-10-11-12-13-14-15-16-17-18-24(22(2)27-23(3)25)28-20-19-26-21-28/h17-18,21-24,27H,4-16,19-20,25H2,1-3H3/b18-17+. The van der Waals surface area contributed by atoms with Crippen LogP contribution in [0.2, 0.25) is 0 Å². The van der Waals surface area contributed by atoms with Gasteiger partial charge in [0, 0.05) is 12.6 Å². The molecule has 0 fully saturated rings. The summed E-state index contributed by atoms with van der Waals surface area (Å²) in [6, 6.07) is 0.664. The van der Waals surface area contributed by atoms with Crippen LogP contribution in [-0.4, -0.2) is 42.6 Å². The van der Waals surface area contributed by atoms with Crippen molar-refractivity contribution in [1.82, 2.24) is 10.2 Å². The summed E-state index contributed by atoms with van der Waals surface area (Å²) in [7, 11) is 0. The average Bonchev–Trinajstić information content (AvgIpc) is 3.18. The Balaban J connectivity index is 2.06. The fourth-order valence-electron chi connectivity index (χ4n) is 4.04. The van der Waals surface area contributed by atoms with E-state index in [0.717, 1.165) is 13.1 Å². The maximum atomic E-state index is 5.92. The molecule has 164 valence electrons. The lowest BCUT2D eigenvalue weighted by Crippen LogP contribution is -2.51. The van der Waals surface area contributed by atoms with Crippen molar-refractivity contribution in [3.05, 3.63) is 12.2 Å². The van der Waals surface area contributed by atoms with Gasteiger partial charge in [-0.3, -0.25) is 10.3 Å². The molecule has 0 aromatic heterocycles. The van der Waals surface area contributed by atoms with E-state index in [2.05, 4.69) is 41.2 Å². The normalized spacial score (nSPS) is 17.5. The van der Waals surface area contributed by atoms with E-state index in [4.69, 9.17) is 5.73 Å². The molecule has 0 saturated carbocycles. The van der Waals surface area contributed by atoms with Gasteiger partial charge in [-0.05, 0) is 26.7 Å². The number of nitrogens with two attached hydrogens (primary N) is 1. The molecule has 0 radical (unpaired) electrons. The van der Waals surface area contributed by atoms with Crippen LogP contribution in [0.15, 0.2) is 17.1 Å². The Morgan fingerprint density at radius 3 is 2.04 bits per heavy atom. The zero-order valence-electron chi connectivity index (χ0n) is 19.0. The Labute approximate surface area is 175 Å². The third-order valence-corrected chi connectivity index (χ3v) is 5.70. The van der Waals surface area contributed by atoms with Crippen molar-refractivity contribution >= 4 is 6.34 Å². The molecule has 0 bridgehead atoms. The minimum atomic E-state index is 0.0155. The number of nitrogens with zero attached hydrogens (tertiary/aromatic N) is 2. The van der Waals surface area contributed by atoms with Gasteiger partial charge >= 0.3 is 0 Å². The van der Waals surface area contributed by atoms with E-state index in [0.29, 0.717) is 12.1 Å². The van der Waals surface area contributed by atoms with Crippen LogP contribution in [0.1, 0.15) is 104 Å². The molecule has 3 atom stereocenters. The van der Waals surface area contributed by atoms with Gasteiger partial charge in [-0.2, -0.15) is 0 Å². The van der Waals surface area contributed by atoms with Crippen LogP contribution in [0, 0.1) is 0 Å². The molecule has 0 aliphatic carbocycles. The summed E-state index contributed by atoms with van der Waals surface area (Å²) in [4.78, 5) is 6.71. The van der Waals surface area contributed by atoms with Gasteiger partial charge in [0.05, 0.1) is 25.1 Å². The summed E-state index contributed by atoms with van der Waals surface area (Å²) in [5.74, 6) is 0. The minimum Gasteiger partial charge on any atom is -0.353 e. The van der Waals surface area contributed by atoms with Crippen LogP contribution >= 0.6 is 0 Å². The topological polar surface area (TPSA) is 53.6 Å². The maximum absolute atomic E-state index is 5.92. The number of hydrogen-bond donors (Lipinski definition) is 2. The van der Waals surface area contributed by atoms with Gasteiger partial charge < -0.3 is 10.6 Å². The summed E-state index contributed by atoms with van der Waals surface area (Å²) in [5, 5.41) is 3.44. The molecule has 0 amide bonds. The molecule has 1 heterocycles. The monoisotopic (exact) mass is 392 g/mol. The lowest BCUT2D eigenvalue weighted by atomic mass is 10.0. The average molecular weight is 393 g/mol. The van der Waals surface area contributed by atoms with E-state index >= 15 is 0 Å². The number of nitrogens with one attached hydrogen (secondary N) is 1. The quantitative estimate of drug-likeness (QED) is 0.181. The van der Waals surface area contributed by atoms with Crippen LogP contribution in [0.4, 0.5) is 0 Å². The van der Waals surface area contributed by atoms with E-state index in [1.165, 1.54) is 83.5 Å². The first kappa shape index (κ1) is 25.2. The number of aliphatic imine (C=N–C) groups is 1. The first-order valence-corrected chi connectivity index (χ1v) is 12.1. The Hall–Kier alpha value is -0.870. The smallest absolute Gasteiger partial charge is 0.0856 e. The molecule has 0 aromatic rings. The van der Waals surface area contributed by atoms with Gasteiger partial charge in [0.2, 0.25) is 0 Å². The fraction of sp³-hybridized carbons (Fsp3) is 0.875. The number of hydrogen-bond acceptors (Lipinski definition) is 4. The second-order valence-corrected chi connectivity index (χ2v) is 8.60. The molecule has 28 heavy (non-hydrogen) atoms. The molecule has 1 rings (SSSR count). The van der Waals surface area contributed by atoms with E-state index in [1.54, 1.807) is 0 Å². The van der Waals surface area contributed by atoms with E-state index in [1.807, 2.05) is 13.3 Å². The Bertz CT molecular complexity index is 405. The van der Waals surface area contributed by atoms with E-state index < -0.39 is 0 Å². The summed E-state index contributed by atoms with van der Waals surface area (Å²) < 4.78 is 0. The highest BCUT2D eigenvalue weighted by atomic mass is 15.2. The van der Waals surface area contributed by atoms with Gasteiger partial charge in [-0.1, -0.05) is 89.7 Å². The SMILES string of the molecule is CCCCCCCCCCCCCC/C=C/C(C(C)NC(C)N)N1C=NCC1. The van der Waals surface area contributed by atoms with Crippen LogP contribution in [0.3, 0.4) is 0 Å². The first-order valence-electron chi connectivity index (χ1n) is 12.1. The third kappa shape index (κ3) is 12.6. The summed E-state index contributed by atoms with van der Waals surface area (Å²) in [6.07, 6.45) is 24.8. The van der Waals surface area contributed by atoms with Crippen molar-refractivity contribution in [2.24, 2.45) is 10.7 Å². The predicted molar refractivity (Wildman–Crippen MR) is 125 cm³/mol. The van der Waals surface area contributed by atoms with Crippen molar-refractivity contribution in [3.8, 4) is 0 Å². The van der Waals surface area contributed by atoms with Gasteiger partial charge in [0.15, 0.2) is 0 Å². The molecule has 3 unspecified atom stereocenters. The highest BCUT2D eigenvalue weighted by Crippen LogP contribution is 2.13. The van der Waals surface area contributed by atoms with Crippen LogP contribution in [-0.2, 0) is 0 Å². The molecular formula is C24H48N4. The lowest BCUT2D eigenvalue weighted by molar-refractivity contribution is 0.306. The van der Waals surface area contributed by atoms with Crippen LogP contribution < -0.4 is 11.1 Å². The van der Waals surface area contributed by atoms with Crippen LogP contribution in [0.25, 0.3) is 0 Å². The predicted octanol–water partition coefficient (Wildman–Crippen LogP) is 5.63. The van der Waals surface area contributed by atoms with Crippen molar-refractivity contribution in [2.45, 2.75) is 122 Å². The zero-order chi connectivity index (χ0) is 20.5. The molecule has 3 N–H and O–H groups in total. The first-order chi connectivity index (χ1) is 13.6. The summed E-state index contributed by atoms with van der Waals surface area (Å²) in [6.45, 7) is 8.43.